The molecule has 22 heavy (non-hydrogen) atoms. The van der Waals surface area contributed by atoms with Crippen LogP contribution in [0.5, 0.6) is 0 Å². The molecule has 1 heterocycles. The second kappa shape index (κ2) is 7.46. The smallest absolute Gasteiger partial charge is 0.212 e. The molecule has 0 radical (unpaired) electrons. The number of halogens is 1. The highest BCUT2D eigenvalue weighted by Gasteiger charge is 2.14. The van der Waals surface area contributed by atoms with Crippen LogP contribution in [0.2, 0.25) is 0 Å². The molecule has 1 aromatic heterocycles. The molecule has 1 aromatic carbocycles. The Morgan fingerprint density at radius 1 is 0.909 bits per heavy atom. The van der Waals surface area contributed by atoms with Gasteiger partial charge in [0.25, 0.3) is 0 Å². The molecule has 0 aliphatic carbocycles. The van der Waals surface area contributed by atoms with Gasteiger partial charge in [-0.05, 0) is 35.1 Å². The summed E-state index contributed by atoms with van der Waals surface area (Å²) >= 11 is 1.75. The summed E-state index contributed by atoms with van der Waals surface area (Å²) in [5.74, 6) is 0. The molecule has 0 saturated carbocycles. The van der Waals surface area contributed by atoms with Crippen LogP contribution in [-0.4, -0.2) is 0 Å². The fraction of sp³-hybridized carbons (Fsp3) is 0.312. The lowest BCUT2D eigenvalue weighted by Gasteiger charge is -2.19. The third-order valence-electron chi connectivity index (χ3n) is 3.07. The van der Waals surface area contributed by atoms with Crippen LogP contribution >= 0.6 is 11.3 Å². The highest BCUT2D eigenvalue weighted by atomic mass is 35.7. The Morgan fingerprint density at radius 2 is 1.41 bits per heavy atom. The average molecular weight is 343 g/mol. The first-order valence-corrected chi connectivity index (χ1v) is 8.75. The van der Waals surface area contributed by atoms with Gasteiger partial charge < -0.3 is 0 Å². The molecule has 2 rings (SSSR count). The van der Waals surface area contributed by atoms with E-state index in [-0.39, 0.29) is 5.41 Å². The Bertz CT molecular complexity index is 595. The maximum absolute atomic E-state index is 8.49. The van der Waals surface area contributed by atoms with Crippen LogP contribution < -0.4 is 18.6 Å². The standard InChI is InChI=1S/C16H19S.ClHO4/c1-12-9-10-17-11-15(12)13-5-7-14(8-6-13)16(2,3)4;2-1(3,4)5/h5-11H,1-4H3;(H,2,3,4,5)/q+1;/p-1. The van der Waals surface area contributed by atoms with Crippen LogP contribution in [0.25, 0.3) is 11.1 Å². The van der Waals surface area contributed by atoms with Gasteiger partial charge in [-0.1, -0.05) is 45.0 Å². The van der Waals surface area contributed by atoms with E-state index in [0.29, 0.717) is 0 Å². The van der Waals surface area contributed by atoms with E-state index >= 15 is 0 Å². The van der Waals surface area contributed by atoms with Gasteiger partial charge in [0.1, 0.15) is 0 Å². The Balaban J connectivity index is 0.000000422. The summed E-state index contributed by atoms with van der Waals surface area (Å²) in [7, 11) is -4.94. The molecule has 6 heteroatoms. The molecular formula is C16H19ClO4S. The van der Waals surface area contributed by atoms with Crippen LogP contribution in [0.1, 0.15) is 31.9 Å². The summed E-state index contributed by atoms with van der Waals surface area (Å²) in [6.45, 7) is 8.91. The van der Waals surface area contributed by atoms with Gasteiger partial charge in [-0.3, -0.25) is 0 Å². The summed E-state index contributed by atoms with van der Waals surface area (Å²) in [6.07, 6.45) is 0. The van der Waals surface area contributed by atoms with E-state index in [1.807, 2.05) is 0 Å². The minimum Gasteiger partial charge on any atom is -0.222 e. The molecule has 0 bridgehead atoms. The monoisotopic (exact) mass is 342 g/mol. The summed E-state index contributed by atoms with van der Waals surface area (Å²) in [4.78, 5) is 0. The topological polar surface area (TPSA) is 92.2 Å². The maximum atomic E-state index is 8.49. The zero-order valence-electron chi connectivity index (χ0n) is 13.0. The highest BCUT2D eigenvalue weighted by Crippen LogP contribution is 2.28. The summed E-state index contributed by atoms with van der Waals surface area (Å²) < 4.78 is 34.0. The minimum atomic E-state index is -4.94. The van der Waals surface area contributed by atoms with E-state index < -0.39 is 10.2 Å². The van der Waals surface area contributed by atoms with Crippen LogP contribution in [0.15, 0.2) is 41.1 Å². The molecule has 4 nitrogen and oxygen atoms in total. The average Bonchev–Trinajstić information content (AvgIpc) is 2.36. The van der Waals surface area contributed by atoms with Gasteiger partial charge in [-0.15, -0.1) is 10.2 Å². The van der Waals surface area contributed by atoms with Crippen molar-refractivity contribution >= 4 is 11.3 Å². The van der Waals surface area contributed by atoms with Gasteiger partial charge in [-0.25, -0.2) is 18.6 Å². The van der Waals surface area contributed by atoms with Crippen molar-refractivity contribution in [1.29, 1.82) is 0 Å². The van der Waals surface area contributed by atoms with Crippen LogP contribution in [0.3, 0.4) is 0 Å². The fourth-order valence-electron chi connectivity index (χ4n) is 1.88. The Labute approximate surface area is 137 Å². The normalized spacial score (nSPS) is 11.6. The highest BCUT2D eigenvalue weighted by molar-refractivity contribution is 7.07. The zero-order chi connectivity index (χ0) is 17.0. The van der Waals surface area contributed by atoms with Crippen LogP contribution in [0.4, 0.5) is 0 Å². The first-order chi connectivity index (χ1) is 9.98. The van der Waals surface area contributed by atoms with Crippen molar-refractivity contribution in [3.8, 4) is 11.1 Å². The molecule has 0 unspecified atom stereocenters. The Hall–Kier alpha value is -1.08. The lowest BCUT2D eigenvalue weighted by Crippen LogP contribution is -2.68. The van der Waals surface area contributed by atoms with Crippen molar-refractivity contribution < 1.29 is 28.9 Å². The number of hydrogen-bond acceptors (Lipinski definition) is 4. The van der Waals surface area contributed by atoms with Gasteiger partial charge in [-0.2, -0.15) is 0 Å². The van der Waals surface area contributed by atoms with Crippen molar-refractivity contribution in [2.75, 3.05) is 0 Å². The van der Waals surface area contributed by atoms with Gasteiger partial charge in [0.15, 0.2) is 5.38 Å². The largest absolute Gasteiger partial charge is 0.222 e. The van der Waals surface area contributed by atoms with Gasteiger partial charge >= 0.3 is 0 Å². The number of benzene rings is 1. The molecule has 0 N–H and O–H groups in total. The lowest BCUT2D eigenvalue weighted by molar-refractivity contribution is -2.00. The van der Waals surface area contributed by atoms with Crippen LogP contribution in [0, 0.1) is 17.2 Å². The van der Waals surface area contributed by atoms with E-state index in [9.17, 15) is 0 Å². The molecular weight excluding hydrogens is 324 g/mol. The molecule has 2 aromatic rings. The van der Waals surface area contributed by atoms with Crippen molar-refractivity contribution in [2.45, 2.75) is 33.1 Å². The molecule has 0 atom stereocenters. The predicted octanol–water partition coefficient (Wildman–Crippen LogP) is 0.546. The van der Waals surface area contributed by atoms with E-state index in [2.05, 4.69) is 68.8 Å². The number of rotatable bonds is 1. The molecule has 0 aliphatic rings. The Morgan fingerprint density at radius 3 is 1.82 bits per heavy atom. The maximum Gasteiger partial charge on any atom is 0.212 e. The van der Waals surface area contributed by atoms with Crippen LogP contribution in [-0.2, 0) is 5.41 Å². The summed E-state index contributed by atoms with van der Waals surface area (Å²) in [5, 5.41) is 4.35. The van der Waals surface area contributed by atoms with E-state index in [0.717, 1.165) is 0 Å². The second-order valence-corrected chi connectivity index (χ2v) is 7.39. The number of hydrogen-bond donors (Lipinski definition) is 0. The molecule has 120 valence electrons. The molecule has 0 aliphatic heterocycles. The summed E-state index contributed by atoms with van der Waals surface area (Å²) in [5.41, 5.74) is 5.61. The van der Waals surface area contributed by atoms with Crippen molar-refractivity contribution in [3.05, 3.63) is 52.2 Å². The van der Waals surface area contributed by atoms with E-state index in [1.54, 1.807) is 11.3 Å². The second-order valence-electron chi connectivity index (χ2n) is 5.86. The SMILES string of the molecule is Cc1cc[s+]cc1-c1ccc(C(C)(C)C)cc1.[O-][Cl+3]([O-])([O-])[O-]. The third-order valence-corrected chi connectivity index (χ3v) is 3.73. The first kappa shape index (κ1) is 19.0. The Kier molecular flexibility index (Phi) is 6.43. The van der Waals surface area contributed by atoms with Crippen molar-refractivity contribution in [1.82, 2.24) is 0 Å². The summed E-state index contributed by atoms with van der Waals surface area (Å²) in [6, 6.07) is 11.1. The predicted molar refractivity (Wildman–Crippen MR) is 77.6 cm³/mol. The molecule has 0 saturated heterocycles. The quantitative estimate of drug-likeness (QED) is 0.707. The zero-order valence-corrected chi connectivity index (χ0v) is 14.5. The van der Waals surface area contributed by atoms with Crippen molar-refractivity contribution in [3.63, 3.8) is 0 Å². The first-order valence-electron chi connectivity index (χ1n) is 6.57. The van der Waals surface area contributed by atoms with Gasteiger partial charge in [0.05, 0.1) is 0 Å². The number of aryl methyl sites for hydroxylation is 1. The lowest BCUT2D eigenvalue weighted by atomic mass is 9.86. The third kappa shape index (κ3) is 6.79. The molecule has 0 amide bonds. The van der Waals surface area contributed by atoms with E-state index in [1.165, 1.54) is 22.3 Å². The minimum absolute atomic E-state index is 0.229. The van der Waals surface area contributed by atoms with Gasteiger partial charge in [0, 0.05) is 5.56 Å². The molecule has 0 fully saturated rings. The van der Waals surface area contributed by atoms with E-state index in [4.69, 9.17) is 18.6 Å². The molecule has 0 spiro atoms. The van der Waals surface area contributed by atoms with Crippen molar-refractivity contribution in [2.24, 2.45) is 0 Å². The fourth-order valence-corrected chi connectivity index (χ4v) is 2.70. The van der Waals surface area contributed by atoms with Gasteiger partial charge in [0.2, 0.25) is 16.7 Å².